The highest BCUT2D eigenvalue weighted by Gasteiger charge is 2.33. The zero-order valence-electron chi connectivity index (χ0n) is 18.1. The molecule has 0 radical (unpaired) electrons. The Bertz CT molecular complexity index is 965. The topological polar surface area (TPSA) is 66.5 Å². The first kappa shape index (κ1) is 22.5. The molecule has 0 aromatic heterocycles. The molecule has 162 valence electrons. The second-order valence-electron chi connectivity index (χ2n) is 8.38. The van der Waals surface area contributed by atoms with Gasteiger partial charge in [0.05, 0.1) is 4.90 Å². The minimum absolute atomic E-state index is 0.0409. The standard InChI is InChI=1S/C24H32N2O3S/c1-18-9-12-23(19(2)17-18)30(28,29)26-15-13-22(14-16-26)24(27)25-20(3)10-11-21-7-5-4-6-8-21/h4-9,12,17,20,22H,10-11,13-16H2,1-3H3,(H,25,27)/t20-/m0/s1. The average molecular weight is 429 g/mol. The van der Waals surface area contributed by atoms with E-state index in [1.54, 1.807) is 6.07 Å². The number of nitrogens with one attached hydrogen (secondary N) is 1. The van der Waals surface area contributed by atoms with Crippen LogP contribution in [-0.2, 0) is 21.2 Å². The molecular weight excluding hydrogens is 396 g/mol. The lowest BCUT2D eigenvalue weighted by Gasteiger charge is -2.31. The van der Waals surface area contributed by atoms with Crippen molar-refractivity contribution in [2.75, 3.05) is 13.1 Å². The van der Waals surface area contributed by atoms with Crippen molar-refractivity contribution in [1.29, 1.82) is 0 Å². The van der Waals surface area contributed by atoms with E-state index in [1.165, 1.54) is 9.87 Å². The molecule has 2 aromatic carbocycles. The van der Waals surface area contributed by atoms with Gasteiger partial charge in [0.15, 0.2) is 0 Å². The fourth-order valence-corrected chi connectivity index (χ4v) is 5.72. The lowest BCUT2D eigenvalue weighted by Crippen LogP contribution is -2.45. The number of hydrogen-bond acceptors (Lipinski definition) is 3. The SMILES string of the molecule is Cc1ccc(S(=O)(=O)N2CCC(C(=O)N[C@@H](C)CCc3ccccc3)CC2)c(C)c1. The van der Waals surface area contributed by atoms with Crippen LogP contribution in [0.3, 0.4) is 0 Å². The van der Waals surface area contributed by atoms with E-state index in [9.17, 15) is 13.2 Å². The van der Waals surface area contributed by atoms with Gasteiger partial charge >= 0.3 is 0 Å². The van der Waals surface area contributed by atoms with Crippen LogP contribution in [0.5, 0.6) is 0 Å². The maximum absolute atomic E-state index is 13.0. The molecule has 2 aromatic rings. The molecule has 1 aliphatic heterocycles. The van der Waals surface area contributed by atoms with Gasteiger partial charge in [0.2, 0.25) is 15.9 Å². The normalized spacial score (nSPS) is 16.9. The van der Waals surface area contributed by atoms with Crippen molar-refractivity contribution in [3.05, 3.63) is 65.2 Å². The predicted molar refractivity (Wildman–Crippen MR) is 120 cm³/mol. The molecule has 1 atom stereocenters. The van der Waals surface area contributed by atoms with Crippen LogP contribution >= 0.6 is 0 Å². The zero-order chi connectivity index (χ0) is 21.7. The number of carbonyl (C=O) groups is 1. The van der Waals surface area contributed by atoms with E-state index in [-0.39, 0.29) is 17.9 Å². The summed E-state index contributed by atoms with van der Waals surface area (Å²) in [6, 6.07) is 15.8. The van der Waals surface area contributed by atoms with Crippen LogP contribution in [0.4, 0.5) is 0 Å². The van der Waals surface area contributed by atoms with Gasteiger partial charge < -0.3 is 5.32 Å². The van der Waals surface area contributed by atoms with E-state index in [2.05, 4.69) is 17.4 Å². The third-order valence-corrected chi connectivity index (χ3v) is 7.93. The van der Waals surface area contributed by atoms with Crippen molar-refractivity contribution in [3.63, 3.8) is 0 Å². The number of sulfonamides is 1. The molecule has 1 fully saturated rings. The van der Waals surface area contributed by atoms with Crippen molar-refractivity contribution in [3.8, 4) is 0 Å². The quantitative estimate of drug-likeness (QED) is 0.729. The fourth-order valence-electron chi connectivity index (χ4n) is 4.05. The van der Waals surface area contributed by atoms with E-state index >= 15 is 0 Å². The summed E-state index contributed by atoms with van der Waals surface area (Å²) in [7, 11) is -3.52. The summed E-state index contributed by atoms with van der Waals surface area (Å²) in [5.41, 5.74) is 3.08. The van der Waals surface area contributed by atoms with Crippen molar-refractivity contribution >= 4 is 15.9 Å². The third kappa shape index (κ3) is 5.49. The van der Waals surface area contributed by atoms with Gasteiger partial charge in [0, 0.05) is 25.0 Å². The second kappa shape index (κ2) is 9.75. The van der Waals surface area contributed by atoms with Crippen LogP contribution in [0.25, 0.3) is 0 Å². The van der Waals surface area contributed by atoms with Crippen LogP contribution in [0.1, 0.15) is 42.9 Å². The summed E-state index contributed by atoms with van der Waals surface area (Å²) in [6.07, 6.45) is 2.92. The molecule has 0 bridgehead atoms. The van der Waals surface area contributed by atoms with Gasteiger partial charge in [0.25, 0.3) is 0 Å². The Morgan fingerprint density at radius 2 is 1.77 bits per heavy atom. The number of amides is 1. The molecular formula is C24H32N2O3S. The van der Waals surface area contributed by atoms with E-state index in [4.69, 9.17) is 0 Å². The van der Waals surface area contributed by atoms with E-state index in [1.807, 2.05) is 51.1 Å². The molecule has 1 N–H and O–H groups in total. The first-order valence-corrected chi connectivity index (χ1v) is 12.1. The highest BCUT2D eigenvalue weighted by molar-refractivity contribution is 7.89. The van der Waals surface area contributed by atoms with Crippen molar-refractivity contribution in [2.24, 2.45) is 5.92 Å². The van der Waals surface area contributed by atoms with Crippen LogP contribution in [0.2, 0.25) is 0 Å². The molecule has 1 aliphatic rings. The summed E-state index contributed by atoms with van der Waals surface area (Å²) in [5, 5.41) is 3.11. The zero-order valence-corrected chi connectivity index (χ0v) is 18.9. The maximum atomic E-state index is 13.0. The Labute approximate surface area is 180 Å². The maximum Gasteiger partial charge on any atom is 0.243 e. The Morgan fingerprint density at radius 1 is 1.10 bits per heavy atom. The Balaban J connectivity index is 1.51. The van der Waals surface area contributed by atoms with Crippen molar-refractivity contribution < 1.29 is 13.2 Å². The Hall–Kier alpha value is -2.18. The summed E-state index contributed by atoms with van der Waals surface area (Å²) in [4.78, 5) is 13.0. The second-order valence-corrected chi connectivity index (χ2v) is 10.3. The Morgan fingerprint density at radius 3 is 2.40 bits per heavy atom. The van der Waals surface area contributed by atoms with Crippen LogP contribution < -0.4 is 5.32 Å². The molecule has 0 spiro atoms. The van der Waals surface area contributed by atoms with E-state index < -0.39 is 10.0 Å². The monoisotopic (exact) mass is 428 g/mol. The number of aryl methyl sites for hydroxylation is 3. The fraction of sp³-hybridized carbons (Fsp3) is 0.458. The number of rotatable bonds is 7. The minimum Gasteiger partial charge on any atom is -0.353 e. The number of hydrogen-bond donors (Lipinski definition) is 1. The summed E-state index contributed by atoms with van der Waals surface area (Å²) in [6.45, 7) is 6.57. The van der Waals surface area contributed by atoms with Crippen LogP contribution in [-0.4, -0.2) is 37.8 Å². The molecule has 0 aliphatic carbocycles. The van der Waals surface area contributed by atoms with E-state index in [0.717, 1.165) is 24.0 Å². The van der Waals surface area contributed by atoms with Gasteiger partial charge in [0.1, 0.15) is 0 Å². The van der Waals surface area contributed by atoms with Gasteiger partial charge in [-0.25, -0.2) is 8.42 Å². The molecule has 3 rings (SSSR count). The third-order valence-electron chi connectivity index (χ3n) is 5.87. The molecule has 0 saturated carbocycles. The van der Waals surface area contributed by atoms with Crippen molar-refractivity contribution in [1.82, 2.24) is 9.62 Å². The average Bonchev–Trinajstić information content (AvgIpc) is 2.73. The van der Waals surface area contributed by atoms with Gasteiger partial charge in [-0.05, 0) is 63.6 Å². The molecule has 0 unspecified atom stereocenters. The summed E-state index contributed by atoms with van der Waals surface area (Å²) in [5.74, 6) is -0.0890. The molecule has 1 saturated heterocycles. The Kier molecular flexibility index (Phi) is 7.32. The van der Waals surface area contributed by atoms with E-state index in [0.29, 0.717) is 30.8 Å². The van der Waals surface area contributed by atoms with Gasteiger partial charge in [-0.3, -0.25) is 4.79 Å². The number of carbonyl (C=O) groups excluding carboxylic acids is 1. The smallest absolute Gasteiger partial charge is 0.243 e. The molecule has 5 nitrogen and oxygen atoms in total. The van der Waals surface area contributed by atoms with Crippen molar-refractivity contribution in [2.45, 2.75) is 57.4 Å². The lowest BCUT2D eigenvalue weighted by atomic mass is 9.96. The van der Waals surface area contributed by atoms with Crippen LogP contribution in [0.15, 0.2) is 53.4 Å². The lowest BCUT2D eigenvalue weighted by molar-refractivity contribution is -0.126. The van der Waals surface area contributed by atoms with Crippen LogP contribution in [0, 0.1) is 19.8 Å². The summed E-state index contributed by atoms with van der Waals surface area (Å²) >= 11 is 0. The summed E-state index contributed by atoms with van der Waals surface area (Å²) < 4.78 is 27.6. The minimum atomic E-state index is -3.52. The number of benzene rings is 2. The highest BCUT2D eigenvalue weighted by atomic mass is 32.2. The molecule has 30 heavy (non-hydrogen) atoms. The van der Waals surface area contributed by atoms with Gasteiger partial charge in [-0.1, -0.05) is 48.0 Å². The molecule has 1 amide bonds. The number of piperidine rings is 1. The first-order valence-electron chi connectivity index (χ1n) is 10.7. The largest absolute Gasteiger partial charge is 0.353 e. The highest BCUT2D eigenvalue weighted by Crippen LogP contribution is 2.26. The molecule has 1 heterocycles. The molecule has 6 heteroatoms. The first-order chi connectivity index (χ1) is 14.3. The number of nitrogens with zero attached hydrogens (tertiary/aromatic N) is 1. The predicted octanol–water partition coefficient (Wildman–Crippen LogP) is 3.84. The van der Waals surface area contributed by atoms with Gasteiger partial charge in [-0.2, -0.15) is 4.31 Å². The van der Waals surface area contributed by atoms with Gasteiger partial charge in [-0.15, -0.1) is 0 Å².